The summed E-state index contributed by atoms with van der Waals surface area (Å²) in [5, 5.41) is 13.7. The zero-order chi connectivity index (χ0) is 22.7. The molecule has 1 atom stereocenters. The summed E-state index contributed by atoms with van der Waals surface area (Å²) in [5.74, 6) is -2.25. The van der Waals surface area contributed by atoms with E-state index in [4.69, 9.17) is 4.74 Å². The number of nitrogens with one attached hydrogen (secondary N) is 1. The number of halogens is 1. The molecule has 1 saturated heterocycles. The number of hydrogen-bond donors (Lipinski definition) is 1. The highest BCUT2D eigenvalue weighted by atomic mass is 79.9. The fraction of sp³-hybridized carbons (Fsp3) is 0.286. The second-order valence-electron chi connectivity index (χ2n) is 7.25. The molecule has 0 spiro atoms. The number of anilines is 2. The topological polar surface area (TPSA) is 119 Å². The molecule has 9 nitrogen and oxygen atoms in total. The molecule has 2 amide bonds. The van der Waals surface area contributed by atoms with E-state index < -0.39 is 29.3 Å². The predicted molar refractivity (Wildman–Crippen MR) is 117 cm³/mol. The Hall–Kier alpha value is -3.27. The number of aryl methyl sites for hydroxylation is 2. The molecule has 0 unspecified atom stereocenters. The first-order valence-electron chi connectivity index (χ1n) is 9.43. The molecule has 0 aromatic heterocycles. The van der Waals surface area contributed by atoms with Crippen LogP contribution < -0.4 is 10.2 Å². The van der Waals surface area contributed by atoms with Crippen LogP contribution in [-0.2, 0) is 19.1 Å². The lowest BCUT2D eigenvalue weighted by atomic mass is 10.1. The van der Waals surface area contributed by atoms with Crippen LogP contribution in [0.4, 0.5) is 17.1 Å². The number of carbonyl (C=O) groups excluding carboxylic acids is 3. The minimum Gasteiger partial charge on any atom is -0.455 e. The van der Waals surface area contributed by atoms with Crippen LogP contribution in [0.15, 0.2) is 40.9 Å². The van der Waals surface area contributed by atoms with Crippen molar-refractivity contribution < 1.29 is 24.0 Å². The lowest BCUT2D eigenvalue weighted by Gasteiger charge is -2.16. The summed E-state index contributed by atoms with van der Waals surface area (Å²) >= 11 is 3.42. The fourth-order valence-electron chi connectivity index (χ4n) is 3.25. The molecule has 0 saturated carbocycles. The van der Waals surface area contributed by atoms with Crippen molar-refractivity contribution in [1.29, 1.82) is 0 Å². The highest BCUT2D eigenvalue weighted by Crippen LogP contribution is 2.28. The first kappa shape index (κ1) is 22.4. The Balaban J connectivity index is 1.57. The Morgan fingerprint density at radius 3 is 2.71 bits per heavy atom. The van der Waals surface area contributed by atoms with Crippen molar-refractivity contribution in [2.75, 3.05) is 23.4 Å². The normalized spacial score (nSPS) is 15.6. The van der Waals surface area contributed by atoms with Crippen LogP contribution in [0.1, 0.15) is 17.5 Å². The first-order chi connectivity index (χ1) is 14.7. The van der Waals surface area contributed by atoms with Crippen molar-refractivity contribution in [3.8, 4) is 0 Å². The third kappa shape index (κ3) is 5.26. The summed E-state index contributed by atoms with van der Waals surface area (Å²) in [7, 11) is 0. The van der Waals surface area contributed by atoms with Crippen LogP contribution in [0, 0.1) is 29.9 Å². The predicted octanol–water partition coefficient (Wildman–Crippen LogP) is 3.51. The van der Waals surface area contributed by atoms with Gasteiger partial charge in [-0.2, -0.15) is 0 Å². The van der Waals surface area contributed by atoms with Crippen LogP contribution in [0.3, 0.4) is 0 Å². The lowest BCUT2D eigenvalue weighted by molar-refractivity contribution is -0.384. The summed E-state index contributed by atoms with van der Waals surface area (Å²) < 4.78 is 6.03. The number of amides is 2. The highest BCUT2D eigenvalue weighted by Gasteiger charge is 2.36. The van der Waals surface area contributed by atoms with Crippen LogP contribution in [0.25, 0.3) is 0 Å². The molecule has 1 N–H and O–H groups in total. The maximum absolute atomic E-state index is 12.4. The van der Waals surface area contributed by atoms with Gasteiger partial charge in [-0.15, -0.1) is 0 Å². The Morgan fingerprint density at radius 2 is 2.00 bits per heavy atom. The minimum absolute atomic E-state index is 0.0332. The Morgan fingerprint density at radius 1 is 1.26 bits per heavy atom. The summed E-state index contributed by atoms with van der Waals surface area (Å²) in [6.45, 7) is 3.29. The van der Waals surface area contributed by atoms with Gasteiger partial charge in [0.1, 0.15) is 0 Å². The fourth-order valence-corrected chi connectivity index (χ4v) is 3.70. The van der Waals surface area contributed by atoms with Crippen molar-refractivity contribution in [3.63, 3.8) is 0 Å². The monoisotopic (exact) mass is 489 g/mol. The molecule has 0 aliphatic carbocycles. The molecule has 162 valence electrons. The lowest BCUT2D eigenvalue weighted by Crippen LogP contribution is -2.28. The van der Waals surface area contributed by atoms with Crippen molar-refractivity contribution in [2.24, 2.45) is 5.92 Å². The quantitative estimate of drug-likeness (QED) is 0.376. The molecular weight excluding hydrogens is 470 g/mol. The number of esters is 1. The van der Waals surface area contributed by atoms with E-state index in [0.29, 0.717) is 11.4 Å². The molecule has 1 fully saturated rings. The average molecular weight is 490 g/mol. The molecule has 1 heterocycles. The van der Waals surface area contributed by atoms with Gasteiger partial charge < -0.3 is 15.0 Å². The number of nitro groups is 1. The largest absolute Gasteiger partial charge is 0.455 e. The number of rotatable bonds is 6. The zero-order valence-corrected chi connectivity index (χ0v) is 18.5. The minimum atomic E-state index is -0.753. The maximum Gasteiger partial charge on any atom is 0.311 e. The second kappa shape index (κ2) is 9.25. The van der Waals surface area contributed by atoms with Crippen LogP contribution in [0.2, 0.25) is 0 Å². The molecule has 10 heteroatoms. The van der Waals surface area contributed by atoms with Gasteiger partial charge in [0.2, 0.25) is 5.91 Å². The van der Waals surface area contributed by atoms with Crippen molar-refractivity contribution in [3.05, 3.63) is 62.1 Å². The molecule has 3 rings (SSSR count). The molecule has 31 heavy (non-hydrogen) atoms. The Kier molecular flexibility index (Phi) is 6.69. The van der Waals surface area contributed by atoms with Crippen molar-refractivity contribution >= 4 is 50.8 Å². The van der Waals surface area contributed by atoms with E-state index in [1.54, 1.807) is 6.07 Å². The second-order valence-corrected chi connectivity index (χ2v) is 8.11. The van der Waals surface area contributed by atoms with Crippen LogP contribution in [-0.4, -0.2) is 35.9 Å². The molecular formula is C21H20BrN3O6. The third-order valence-corrected chi connectivity index (χ3v) is 5.79. The van der Waals surface area contributed by atoms with Crippen molar-refractivity contribution in [2.45, 2.75) is 20.3 Å². The van der Waals surface area contributed by atoms with Gasteiger partial charge in [-0.1, -0.05) is 22.0 Å². The molecule has 1 aliphatic rings. The number of ether oxygens (including phenoxy) is 1. The summed E-state index contributed by atoms with van der Waals surface area (Å²) in [6, 6.07) is 9.33. The van der Waals surface area contributed by atoms with Crippen LogP contribution >= 0.6 is 15.9 Å². The van der Waals surface area contributed by atoms with Crippen molar-refractivity contribution in [1.82, 2.24) is 0 Å². The number of carbonyl (C=O) groups is 3. The summed E-state index contributed by atoms with van der Waals surface area (Å²) in [4.78, 5) is 48.6. The van der Waals surface area contributed by atoms with Gasteiger partial charge in [0, 0.05) is 35.3 Å². The van der Waals surface area contributed by atoms with Gasteiger partial charge in [-0.05, 0) is 43.2 Å². The van der Waals surface area contributed by atoms with E-state index in [1.807, 2.05) is 26.0 Å². The summed E-state index contributed by atoms with van der Waals surface area (Å²) in [6.07, 6.45) is -0.0891. The number of nitro benzene ring substituents is 1. The maximum atomic E-state index is 12.4. The Labute approximate surface area is 186 Å². The molecule has 0 bridgehead atoms. The van der Waals surface area contributed by atoms with Gasteiger partial charge in [-0.25, -0.2) is 0 Å². The standard InChI is InChI=1S/C21H20BrN3O6/c1-12-7-18(13(2)6-17(12)22)23-19(26)11-31-21(28)14-8-20(27)24(10-14)15-4-3-5-16(9-15)25(29)30/h3-7,9,14H,8,10-11H2,1-2H3,(H,23,26)/t14-/m1/s1. The van der Waals surface area contributed by atoms with E-state index in [9.17, 15) is 24.5 Å². The molecule has 2 aromatic carbocycles. The van der Waals surface area contributed by atoms with E-state index in [1.165, 1.54) is 23.1 Å². The molecule has 1 aliphatic heterocycles. The number of non-ortho nitro benzene ring substituents is 1. The summed E-state index contributed by atoms with van der Waals surface area (Å²) in [5.41, 5.74) is 2.61. The van der Waals surface area contributed by atoms with Gasteiger partial charge >= 0.3 is 5.97 Å². The van der Waals surface area contributed by atoms with E-state index >= 15 is 0 Å². The average Bonchev–Trinajstić information content (AvgIpc) is 3.12. The van der Waals surface area contributed by atoms with Gasteiger partial charge in [0.05, 0.1) is 16.5 Å². The van der Waals surface area contributed by atoms with E-state index in [0.717, 1.165) is 15.6 Å². The zero-order valence-electron chi connectivity index (χ0n) is 16.9. The smallest absolute Gasteiger partial charge is 0.311 e. The number of hydrogen-bond acceptors (Lipinski definition) is 6. The highest BCUT2D eigenvalue weighted by molar-refractivity contribution is 9.10. The van der Waals surface area contributed by atoms with Crippen LogP contribution in [0.5, 0.6) is 0 Å². The van der Waals surface area contributed by atoms with Gasteiger partial charge in [-0.3, -0.25) is 24.5 Å². The van der Waals surface area contributed by atoms with Gasteiger partial charge in [0.15, 0.2) is 6.61 Å². The van der Waals surface area contributed by atoms with E-state index in [2.05, 4.69) is 21.2 Å². The first-order valence-corrected chi connectivity index (χ1v) is 10.2. The third-order valence-electron chi connectivity index (χ3n) is 4.94. The number of benzene rings is 2. The molecule has 0 radical (unpaired) electrons. The SMILES string of the molecule is Cc1cc(NC(=O)COC(=O)[C@@H]2CC(=O)N(c3cccc([N+](=O)[O-])c3)C2)c(C)cc1Br. The Bertz CT molecular complexity index is 1070. The molecule has 2 aromatic rings. The number of nitrogens with zero attached hydrogens (tertiary/aromatic N) is 2. The van der Waals surface area contributed by atoms with E-state index in [-0.39, 0.29) is 24.6 Å². The van der Waals surface area contributed by atoms with Gasteiger partial charge in [0.25, 0.3) is 11.6 Å².